The van der Waals surface area contributed by atoms with Crippen LogP contribution in [0.2, 0.25) is 0 Å². The lowest BCUT2D eigenvalue weighted by molar-refractivity contribution is -0.123. The van der Waals surface area contributed by atoms with Gasteiger partial charge in [0.15, 0.2) is 5.78 Å². The molecule has 17 heavy (non-hydrogen) atoms. The molecule has 2 rings (SSSR count). The van der Waals surface area contributed by atoms with E-state index in [9.17, 15) is 9.59 Å². The average Bonchev–Trinajstić information content (AvgIpc) is 2.77. The minimum absolute atomic E-state index is 0.00415. The zero-order chi connectivity index (χ0) is 12.3. The smallest absolute Gasteiger partial charge is 0.234 e. The lowest BCUT2D eigenvalue weighted by Gasteiger charge is -2.25. The third-order valence-corrected chi connectivity index (χ3v) is 4.04. The van der Waals surface area contributed by atoms with Crippen LogP contribution < -0.4 is 5.32 Å². The Morgan fingerprint density at radius 3 is 3.00 bits per heavy atom. The van der Waals surface area contributed by atoms with Crippen LogP contribution in [-0.4, -0.2) is 42.8 Å². The SMILES string of the molecule is CCc1ccc(C(=O)CN2CCNC(=O)C2)s1. The lowest BCUT2D eigenvalue weighted by atomic mass is 10.2. The Morgan fingerprint density at radius 1 is 1.53 bits per heavy atom. The molecule has 1 fully saturated rings. The van der Waals surface area contributed by atoms with Crippen molar-refractivity contribution in [3.8, 4) is 0 Å². The molecule has 0 atom stereocenters. The number of aryl methyl sites for hydroxylation is 1. The minimum atomic E-state index is 0.00415. The molecule has 0 unspecified atom stereocenters. The molecule has 1 aromatic rings. The van der Waals surface area contributed by atoms with E-state index < -0.39 is 0 Å². The highest BCUT2D eigenvalue weighted by Gasteiger charge is 2.19. The number of rotatable bonds is 4. The molecule has 1 N–H and O–H groups in total. The Kier molecular flexibility index (Phi) is 3.91. The van der Waals surface area contributed by atoms with Crippen molar-refractivity contribution in [2.75, 3.05) is 26.2 Å². The highest BCUT2D eigenvalue weighted by molar-refractivity contribution is 7.14. The number of nitrogens with zero attached hydrogens (tertiary/aromatic N) is 1. The molecule has 0 aromatic carbocycles. The second kappa shape index (κ2) is 5.42. The number of nitrogens with one attached hydrogen (secondary N) is 1. The Balaban J connectivity index is 1.94. The molecule has 5 heteroatoms. The molecule has 1 aliphatic heterocycles. The van der Waals surface area contributed by atoms with Crippen molar-refractivity contribution < 1.29 is 9.59 Å². The standard InChI is InChI=1S/C12H16N2O2S/c1-2-9-3-4-11(17-9)10(15)7-14-6-5-13-12(16)8-14/h3-4H,2,5-8H2,1H3,(H,13,16). The first-order chi connectivity index (χ1) is 8.19. The molecule has 1 aromatic heterocycles. The van der Waals surface area contributed by atoms with Gasteiger partial charge < -0.3 is 5.32 Å². The van der Waals surface area contributed by atoms with Crippen molar-refractivity contribution in [2.24, 2.45) is 0 Å². The van der Waals surface area contributed by atoms with Gasteiger partial charge in [-0.3, -0.25) is 14.5 Å². The number of hydrogen-bond donors (Lipinski definition) is 1. The first-order valence-corrected chi connectivity index (χ1v) is 6.61. The van der Waals surface area contributed by atoms with Gasteiger partial charge in [-0.05, 0) is 18.6 Å². The topological polar surface area (TPSA) is 49.4 Å². The summed E-state index contributed by atoms with van der Waals surface area (Å²) < 4.78 is 0. The molecular weight excluding hydrogens is 236 g/mol. The maximum Gasteiger partial charge on any atom is 0.234 e. The highest BCUT2D eigenvalue weighted by atomic mass is 32.1. The number of thiophene rings is 1. The number of Topliss-reactive ketones (excluding diaryl/α,β-unsaturated/α-hetero) is 1. The second-order valence-electron chi connectivity index (χ2n) is 4.10. The normalized spacial score (nSPS) is 16.9. The van der Waals surface area contributed by atoms with Crippen LogP contribution in [0.25, 0.3) is 0 Å². The molecule has 1 amide bonds. The Morgan fingerprint density at radius 2 is 2.35 bits per heavy atom. The van der Waals surface area contributed by atoms with Crippen molar-refractivity contribution in [3.05, 3.63) is 21.9 Å². The fourth-order valence-electron chi connectivity index (χ4n) is 1.83. The first-order valence-electron chi connectivity index (χ1n) is 5.80. The largest absolute Gasteiger partial charge is 0.354 e. The fraction of sp³-hybridized carbons (Fsp3) is 0.500. The van der Waals surface area contributed by atoms with E-state index in [1.165, 1.54) is 4.88 Å². The molecule has 0 aliphatic carbocycles. The molecule has 0 saturated carbocycles. The van der Waals surface area contributed by atoms with Gasteiger partial charge in [0.2, 0.25) is 5.91 Å². The monoisotopic (exact) mass is 252 g/mol. The predicted octanol–water partition coefficient (Wildman–Crippen LogP) is 0.925. The van der Waals surface area contributed by atoms with Crippen molar-refractivity contribution >= 4 is 23.0 Å². The van der Waals surface area contributed by atoms with Crippen LogP contribution in [0.3, 0.4) is 0 Å². The summed E-state index contributed by atoms with van der Waals surface area (Å²) in [7, 11) is 0. The van der Waals surface area contributed by atoms with E-state index in [2.05, 4.69) is 12.2 Å². The minimum Gasteiger partial charge on any atom is -0.354 e. The lowest BCUT2D eigenvalue weighted by Crippen LogP contribution is -2.49. The Bertz CT molecular complexity index is 428. The van der Waals surface area contributed by atoms with Crippen molar-refractivity contribution in [2.45, 2.75) is 13.3 Å². The highest BCUT2D eigenvalue weighted by Crippen LogP contribution is 2.17. The zero-order valence-corrected chi connectivity index (χ0v) is 10.7. The number of hydrogen-bond acceptors (Lipinski definition) is 4. The van der Waals surface area contributed by atoms with E-state index >= 15 is 0 Å². The van der Waals surface area contributed by atoms with Crippen molar-refractivity contribution in [1.29, 1.82) is 0 Å². The molecule has 0 radical (unpaired) electrons. The number of ketones is 1. The maximum atomic E-state index is 12.0. The third-order valence-electron chi connectivity index (χ3n) is 2.77. The molecule has 0 bridgehead atoms. The summed E-state index contributed by atoms with van der Waals surface area (Å²) in [5.74, 6) is 0.119. The van der Waals surface area contributed by atoms with E-state index in [-0.39, 0.29) is 11.7 Å². The number of piperazine rings is 1. The van der Waals surface area contributed by atoms with Gasteiger partial charge in [-0.2, -0.15) is 0 Å². The van der Waals surface area contributed by atoms with E-state index in [0.717, 1.165) is 17.8 Å². The summed E-state index contributed by atoms with van der Waals surface area (Å²) in [6, 6.07) is 3.89. The molecule has 0 spiro atoms. The molecule has 1 aliphatic rings. The average molecular weight is 252 g/mol. The molecule has 92 valence electrons. The van der Waals surface area contributed by atoms with Gasteiger partial charge in [0, 0.05) is 18.0 Å². The predicted molar refractivity (Wildman–Crippen MR) is 67.5 cm³/mol. The quantitative estimate of drug-likeness (QED) is 0.811. The van der Waals surface area contributed by atoms with E-state index in [1.807, 2.05) is 17.0 Å². The second-order valence-corrected chi connectivity index (χ2v) is 5.27. The molecule has 1 saturated heterocycles. The summed E-state index contributed by atoms with van der Waals surface area (Å²) in [6.45, 7) is 4.14. The summed E-state index contributed by atoms with van der Waals surface area (Å²) in [5.41, 5.74) is 0. The first kappa shape index (κ1) is 12.3. The van der Waals surface area contributed by atoms with Gasteiger partial charge in [-0.25, -0.2) is 0 Å². The molecule has 2 heterocycles. The molecular formula is C12H16N2O2S. The van der Waals surface area contributed by atoms with Crippen LogP contribution in [0.4, 0.5) is 0 Å². The van der Waals surface area contributed by atoms with Crippen LogP contribution in [0, 0.1) is 0 Å². The van der Waals surface area contributed by atoms with Crippen LogP contribution in [0.15, 0.2) is 12.1 Å². The Labute approximate surface area is 105 Å². The van der Waals surface area contributed by atoms with Gasteiger partial charge in [0.05, 0.1) is 18.0 Å². The van der Waals surface area contributed by atoms with Gasteiger partial charge in [-0.15, -0.1) is 11.3 Å². The van der Waals surface area contributed by atoms with Crippen LogP contribution in [-0.2, 0) is 11.2 Å². The van der Waals surface area contributed by atoms with E-state index in [4.69, 9.17) is 0 Å². The Hall–Kier alpha value is -1.20. The summed E-state index contributed by atoms with van der Waals surface area (Å²) >= 11 is 1.55. The van der Waals surface area contributed by atoms with Gasteiger partial charge in [0.1, 0.15) is 0 Å². The van der Waals surface area contributed by atoms with Crippen LogP contribution in [0.1, 0.15) is 21.5 Å². The summed E-state index contributed by atoms with van der Waals surface area (Å²) in [5, 5.41) is 2.75. The van der Waals surface area contributed by atoms with E-state index in [0.29, 0.717) is 19.6 Å². The van der Waals surface area contributed by atoms with Gasteiger partial charge >= 0.3 is 0 Å². The van der Waals surface area contributed by atoms with Gasteiger partial charge in [-0.1, -0.05) is 6.92 Å². The van der Waals surface area contributed by atoms with Crippen molar-refractivity contribution in [3.63, 3.8) is 0 Å². The number of amides is 1. The van der Waals surface area contributed by atoms with Gasteiger partial charge in [0.25, 0.3) is 0 Å². The van der Waals surface area contributed by atoms with Crippen molar-refractivity contribution in [1.82, 2.24) is 10.2 Å². The maximum absolute atomic E-state index is 12.0. The molecule has 4 nitrogen and oxygen atoms in total. The zero-order valence-electron chi connectivity index (χ0n) is 9.86. The fourth-order valence-corrected chi connectivity index (χ4v) is 2.70. The third kappa shape index (κ3) is 3.14. The number of carbonyl (C=O) groups is 2. The van der Waals surface area contributed by atoms with Crippen LogP contribution >= 0.6 is 11.3 Å². The number of carbonyl (C=O) groups excluding carboxylic acids is 2. The van der Waals surface area contributed by atoms with Crippen LogP contribution in [0.5, 0.6) is 0 Å². The van der Waals surface area contributed by atoms with E-state index in [1.54, 1.807) is 11.3 Å². The summed E-state index contributed by atoms with van der Waals surface area (Å²) in [6.07, 6.45) is 0.962. The summed E-state index contributed by atoms with van der Waals surface area (Å²) in [4.78, 5) is 27.1.